The molecular weight excluding hydrogens is 331 g/mol. The van der Waals surface area contributed by atoms with Crippen molar-refractivity contribution >= 4 is 34.8 Å². The third-order valence-electron chi connectivity index (χ3n) is 3.16. The van der Waals surface area contributed by atoms with Gasteiger partial charge in [0.1, 0.15) is 10.8 Å². The van der Waals surface area contributed by atoms with E-state index in [1.807, 2.05) is 0 Å². The minimum atomic E-state index is 0.369. The number of nitrogens with zero attached hydrogens (tertiary/aromatic N) is 1. The molecule has 1 fully saturated rings. The molecule has 1 heterocycles. The topological polar surface area (TPSA) is 34.1 Å². The molecule has 0 atom stereocenters. The van der Waals surface area contributed by atoms with Gasteiger partial charge in [-0.1, -0.05) is 40.9 Å². The fourth-order valence-corrected chi connectivity index (χ4v) is 2.35. The van der Waals surface area contributed by atoms with E-state index < -0.39 is 0 Å². The summed E-state index contributed by atoms with van der Waals surface area (Å²) in [7, 11) is 0. The number of benzene rings is 1. The number of nitrogens with one attached hydrogen (secondary N) is 1. The number of rotatable bonds is 5. The van der Waals surface area contributed by atoms with E-state index in [1.54, 1.807) is 30.3 Å². The van der Waals surface area contributed by atoms with Crippen LogP contribution in [0.1, 0.15) is 18.5 Å². The van der Waals surface area contributed by atoms with Crippen LogP contribution < -0.4 is 10.1 Å². The van der Waals surface area contributed by atoms with E-state index >= 15 is 0 Å². The molecule has 0 unspecified atom stereocenters. The smallest absolute Gasteiger partial charge is 0.219 e. The molecule has 6 heteroatoms. The predicted molar refractivity (Wildman–Crippen MR) is 85.6 cm³/mol. The SMILES string of the molecule is Clc1ccc(Oc2cccc(Cl)c2Cl)nc1CNC1CC1. The number of hydrogen-bond donors (Lipinski definition) is 1. The zero-order valence-corrected chi connectivity index (χ0v) is 13.3. The highest BCUT2D eigenvalue weighted by atomic mass is 35.5. The van der Waals surface area contributed by atoms with Crippen molar-refractivity contribution in [2.24, 2.45) is 0 Å². The molecule has 0 spiro atoms. The van der Waals surface area contributed by atoms with Crippen molar-refractivity contribution < 1.29 is 4.74 Å². The maximum Gasteiger partial charge on any atom is 0.219 e. The standard InChI is InChI=1S/C15H13Cl3N2O/c16-10-6-7-14(20-12(10)8-19-9-4-5-9)21-13-3-1-2-11(17)15(13)18/h1-3,6-7,9,19H,4-5,8H2. The number of halogens is 3. The minimum Gasteiger partial charge on any atom is -0.437 e. The lowest BCUT2D eigenvalue weighted by atomic mass is 10.3. The summed E-state index contributed by atoms with van der Waals surface area (Å²) in [5.41, 5.74) is 0.763. The Kier molecular flexibility index (Phi) is 4.55. The fraction of sp³-hybridized carbons (Fsp3) is 0.267. The second-order valence-electron chi connectivity index (χ2n) is 4.89. The number of pyridine rings is 1. The Balaban J connectivity index is 1.78. The van der Waals surface area contributed by atoms with E-state index in [9.17, 15) is 0 Å². The molecule has 0 bridgehead atoms. The van der Waals surface area contributed by atoms with Gasteiger partial charge in [0.25, 0.3) is 0 Å². The van der Waals surface area contributed by atoms with Crippen molar-refractivity contribution in [1.82, 2.24) is 10.3 Å². The van der Waals surface area contributed by atoms with Gasteiger partial charge in [-0.25, -0.2) is 4.98 Å². The molecule has 0 radical (unpaired) electrons. The zero-order valence-electron chi connectivity index (χ0n) is 11.1. The molecule has 2 aromatic rings. The van der Waals surface area contributed by atoms with Gasteiger partial charge < -0.3 is 10.1 Å². The number of aromatic nitrogens is 1. The first-order chi connectivity index (χ1) is 10.1. The van der Waals surface area contributed by atoms with Crippen molar-refractivity contribution in [3.63, 3.8) is 0 Å². The zero-order chi connectivity index (χ0) is 14.8. The molecule has 1 aromatic carbocycles. The molecule has 3 nitrogen and oxygen atoms in total. The first-order valence-corrected chi connectivity index (χ1v) is 7.77. The maximum absolute atomic E-state index is 6.15. The lowest BCUT2D eigenvalue weighted by Crippen LogP contribution is -2.16. The lowest BCUT2D eigenvalue weighted by Gasteiger charge is -2.10. The van der Waals surface area contributed by atoms with Crippen molar-refractivity contribution in [3.05, 3.63) is 51.1 Å². The fourth-order valence-electron chi connectivity index (χ4n) is 1.85. The largest absolute Gasteiger partial charge is 0.437 e. The van der Waals surface area contributed by atoms with Crippen LogP contribution in [0.3, 0.4) is 0 Å². The van der Waals surface area contributed by atoms with Crippen LogP contribution in [0.5, 0.6) is 11.6 Å². The van der Waals surface area contributed by atoms with Gasteiger partial charge in [0.15, 0.2) is 0 Å². The molecule has 0 amide bonds. The van der Waals surface area contributed by atoms with Crippen LogP contribution in [0.2, 0.25) is 15.1 Å². The third kappa shape index (κ3) is 3.80. The van der Waals surface area contributed by atoms with E-state index in [2.05, 4.69) is 10.3 Å². The van der Waals surface area contributed by atoms with Crippen LogP contribution in [-0.2, 0) is 6.54 Å². The quantitative estimate of drug-likeness (QED) is 0.821. The van der Waals surface area contributed by atoms with Crippen LogP contribution in [0.4, 0.5) is 0 Å². The van der Waals surface area contributed by atoms with Gasteiger partial charge in [-0.15, -0.1) is 0 Å². The Hall–Kier alpha value is -1.00. The van der Waals surface area contributed by atoms with Gasteiger partial charge in [-0.05, 0) is 31.0 Å². The summed E-state index contributed by atoms with van der Waals surface area (Å²) in [4.78, 5) is 4.42. The van der Waals surface area contributed by atoms with E-state index in [-0.39, 0.29) is 0 Å². The molecule has 21 heavy (non-hydrogen) atoms. The molecule has 1 aromatic heterocycles. The van der Waals surface area contributed by atoms with E-state index in [0.29, 0.717) is 39.3 Å². The van der Waals surface area contributed by atoms with Crippen molar-refractivity contribution in [2.45, 2.75) is 25.4 Å². The molecule has 1 aliphatic carbocycles. The Morgan fingerprint density at radius 3 is 2.67 bits per heavy atom. The molecule has 1 N–H and O–H groups in total. The summed E-state index contributed by atoms with van der Waals surface area (Å²) in [6.45, 7) is 0.629. The van der Waals surface area contributed by atoms with Crippen LogP contribution >= 0.6 is 34.8 Å². The molecule has 1 saturated carbocycles. The highest BCUT2D eigenvalue weighted by Crippen LogP contribution is 2.34. The van der Waals surface area contributed by atoms with Gasteiger partial charge in [0, 0.05) is 18.7 Å². The molecule has 0 saturated heterocycles. The van der Waals surface area contributed by atoms with E-state index in [4.69, 9.17) is 39.5 Å². The first kappa shape index (κ1) is 14.9. The monoisotopic (exact) mass is 342 g/mol. The van der Waals surface area contributed by atoms with Crippen molar-refractivity contribution in [2.75, 3.05) is 0 Å². The molecule has 110 valence electrons. The highest BCUT2D eigenvalue weighted by molar-refractivity contribution is 6.42. The maximum atomic E-state index is 6.15. The molecule has 1 aliphatic rings. The normalized spacial score (nSPS) is 14.2. The van der Waals surface area contributed by atoms with Crippen molar-refractivity contribution in [1.29, 1.82) is 0 Å². The highest BCUT2D eigenvalue weighted by Gasteiger charge is 2.21. The van der Waals surface area contributed by atoms with Crippen LogP contribution in [0, 0.1) is 0 Å². The second kappa shape index (κ2) is 6.41. The summed E-state index contributed by atoms with van der Waals surface area (Å²) in [5.74, 6) is 0.913. The Labute approximate surface area is 138 Å². The predicted octanol–water partition coefficient (Wildman–Crippen LogP) is 5.09. The Bertz CT molecular complexity index is 659. The third-order valence-corrected chi connectivity index (χ3v) is 4.30. The van der Waals surface area contributed by atoms with Gasteiger partial charge in [-0.2, -0.15) is 0 Å². The van der Waals surface area contributed by atoms with Gasteiger partial charge in [0.05, 0.1) is 15.7 Å². The molecule has 3 rings (SSSR count). The van der Waals surface area contributed by atoms with Gasteiger partial charge >= 0.3 is 0 Å². The minimum absolute atomic E-state index is 0.369. The van der Waals surface area contributed by atoms with Gasteiger partial charge in [0.2, 0.25) is 5.88 Å². The Morgan fingerprint density at radius 1 is 1.10 bits per heavy atom. The summed E-state index contributed by atoms with van der Waals surface area (Å²) in [5, 5.41) is 4.81. The summed E-state index contributed by atoms with van der Waals surface area (Å²) >= 11 is 18.2. The van der Waals surface area contributed by atoms with E-state index in [1.165, 1.54) is 12.8 Å². The average Bonchev–Trinajstić information content (AvgIpc) is 3.28. The Morgan fingerprint density at radius 2 is 1.90 bits per heavy atom. The number of ether oxygens (including phenoxy) is 1. The second-order valence-corrected chi connectivity index (χ2v) is 6.08. The van der Waals surface area contributed by atoms with Crippen LogP contribution in [0.15, 0.2) is 30.3 Å². The van der Waals surface area contributed by atoms with Crippen molar-refractivity contribution in [3.8, 4) is 11.6 Å². The van der Waals surface area contributed by atoms with Gasteiger partial charge in [-0.3, -0.25) is 0 Å². The molecule has 0 aliphatic heterocycles. The summed E-state index contributed by atoms with van der Waals surface area (Å²) in [6.07, 6.45) is 2.43. The van der Waals surface area contributed by atoms with Crippen LogP contribution in [-0.4, -0.2) is 11.0 Å². The lowest BCUT2D eigenvalue weighted by molar-refractivity contribution is 0.459. The average molecular weight is 344 g/mol. The summed E-state index contributed by atoms with van der Waals surface area (Å²) < 4.78 is 5.69. The number of hydrogen-bond acceptors (Lipinski definition) is 3. The summed E-state index contributed by atoms with van der Waals surface area (Å²) in [6, 6.07) is 9.29. The molecular formula is C15H13Cl3N2O. The first-order valence-electron chi connectivity index (χ1n) is 6.64. The van der Waals surface area contributed by atoms with E-state index in [0.717, 1.165) is 5.69 Å². The van der Waals surface area contributed by atoms with Crippen LogP contribution in [0.25, 0.3) is 0 Å².